The molecule has 6 heteroatoms. The van der Waals surface area contributed by atoms with Gasteiger partial charge in [0.25, 0.3) is 0 Å². The number of aromatic nitrogens is 3. The molecule has 3 rings (SSSR count). The molecule has 0 saturated heterocycles. The minimum Gasteiger partial charge on any atom is -0.490 e. The highest BCUT2D eigenvalue weighted by Crippen LogP contribution is 2.30. The highest BCUT2D eigenvalue weighted by atomic mass is 16.5. The first-order chi connectivity index (χ1) is 10.4. The Kier molecular flexibility index (Phi) is 4.68. The molecule has 1 aliphatic heterocycles. The fourth-order valence-corrected chi connectivity index (χ4v) is 2.27. The maximum atomic E-state index is 5.69. The molecule has 2 heterocycles. The predicted molar refractivity (Wildman–Crippen MR) is 78.4 cm³/mol. The lowest BCUT2D eigenvalue weighted by molar-refractivity contribution is 0.297. The molecule has 6 nitrogen and oxygen atoms in total. The number of hydrogen-bond donors (Lipinski definition) is 1. The summed E-state index contributed by atoms with van der Waals surface area (Å²) in [5.74, 6) is 1.71. The maximum absolute atomic E-state index is 5.69. The van der Waals surface area contributed by atoms with Crippen LogP contribution >= 0.6 is 0 Å². The summed E-state index contributed by atoms with van der Waals surface area (Å²) in [6.45, 7) is 4.10. The second-order valence-electron chi connectivity index (χ2n) is 5.03. The van der Waals surface area contributed by atoms with Gasteiger partial charge in [0.15, 0.2) is 11.5 Å². The molecule has 21 heavy (non-hydrogen) atoms. The largest absolute Gasteiger partial charge is 0.490 e. The van der Waals surface area contributed by atoms with Crippen molar-refractivity contribution >= 4 is 0 Å². The van der Waals surface area contributed by atoms with Crippen molar-refractivity contribution in [2.45, 2.75) is 25.9 Å². The van der Waals surface area contributed by atoms with Crippen LogP contribution in [0.2, 0.25) is 0 Å². The Hall–Kier alpha value is -2.08. The Balaban J connectivity index is 1.44. The summed E-state index contributed by atoms with van der Waals surface area (Å²) in [4.78, 5) is 0. The van der Waals surface area contributed by atoms with Gasteiger partial charge < -0.3 is 14.8 Å². The zero-order valence-corrected chi connectivity index (χ0v) is 12.0. The summed E-state index contributed by atoms with van der Waals surface area (Å²) in [7, 11) is 0. The normalized spacial score (nSPS) is 13.9. The monoisotopic (exact) mass is 288 g/mol. The zero-order chi connectivity index (χ0) is 14.3. The fraction of sp³-hybridized carbons (Fsp3) is 0.467. The van der Waals surface area contributed by atoms with E-state index in [1.54, 1.807) is 6.20 Å². The van der Waals surface area contributed by atoms with Gasteiger partial charge >= 0.3 is 0 Å². The minimum atomic E-state index is 0.724. The predicted octanol–water partition coefficient (Wildman–Crippen LogP) is 1.62. The number of aryl methyl sites for hydroxylation is 1. The van der Waals surface area contributed by atoms with Gasteiger partial charge in [0.05, 0.1) is 19.4 Å². The van der Waals surface area contributed by atoms with E-state index < -0.39 is 0 Å². The first-order valence-electron chi connectivity index (χ1n) is 7.35. The standard InChI is InChI=1S/C15H20N4O2/c1(7-19-8-6-17-18-19)5-16-12-13-3-4-14-15(11-13)21-10-2-9-20-14/h3-4,6,8,11,16H,1-2,5,7,9-10,12H2. The van der Waals surface area contributed by atoms with E-state index >= 15 is 0 Å². The highest BCUT2D eigenvalue weighted by molar-refractivity contribution is 5.43. The third kappa shape index (κ3) is 3.95. The zero-order valence-electron chi connectivity index (χ0n) is 12.0. The number of benzene rings is 1. The molecule has 0 radical (unpaired) electrons. The van der Waals surface area contributed by atoms with Crippen molar-refractivity contribution in [3.8, 4) is 11.5 Å². The highest BCUT2D eigenvalue weighted by Gasteiger charge is 2.10. The first-order valence-corrected chi connectivity index (χ1v) is 7.35. The number of fused-ring (bicyclic) bond motifs is 1. The van der Waals surface area contributed by atoms with Gasteiger partial charge in [-0.3, -0.25) is 4.68 Å². The van der Waals surface area contributed by atoms with Crippen LogP contribution in [0.15, 0.2) is 30.6 Å². The average Bonchev–Trinajstić information content (AvgIpc) is 2.91. The molecule has 0 bridgehead atoms. The van der Waals surface area contributed by atoms with Crippen LogP contribution in [0.3, 0.4) is 0 Å². The SMILES string of the molecule is c1cn(CCCNCc2ccc3c(c2)OCCCO3)nn1. The Labute approximate surface area is 124 Å². The van der Waals surface area contributed by atoms with Gasteiger partial charge in [-0.15, -0.1) is 5.10 Å². The van der Waals surface area contributed by atoms with Crippen LogP contribution in [0.25, 0.3) is 0 Å². The van der Waals surface area contributed by atoms with E-state index in [0.717, 1.165) is 57.2 Å². The van der Waals surface area contributed by atoms with E-state index in [1.165, 1.54) is 5.56 Å². The molecule has 1 aromatic heterocycles. The Morgan fingerprint density at radius 3 is 2.95 bits per heavy atom. The lowest BCUT2D eigenvalue weighted by atomic mass is 10.2. The molecule has 1 aliphatic rings. The van der Waals surface area contributed by atoms with Crippen LogP contribution in [0, 0.1) is 0 Å². The number of nitrogens with zero attached hydrogens (tertiary/aromatic N) is 3. The van der Waals surface area contributed by atoms with Gasteiger partial charge in [0.2, 0.25) is 0 Å². The van der Waals surface area contributed by atoms with Crippen molar-refractivity contribution in [2.24, 2.45) is 0 Å². The number of hydrogen-bond acceptors (Lipinski definition) is 5. The number of nitrogens with one attached hydrogen (secondary N) is 1. The molecule has 0 unspecified atom stereocenters. The molecule has 0 saturated carbocycles. The molecule has 2 aromatic rings. The van der Waals surface area contributed by atoms with E-state index in [9.17, 15) is 0 Å². The quantitative estimate of drug-likeness (QED) is 0.818. The summed E-state index contributed by atoms with van der Waals surface area (Å²) in [6, 6.07) is 6.14. The topological polar surface area (TPSA) is 61.2 Å². The van der Waals surface area contributed by atoms with Crippen molar-refractivity contribution in [3.05, 3.63) is 36.2 Å². The van der Waals surface area contributed by atoms with Crippen molar-refractivity contribution in [1.29, 1.82) is 0 Å². The van der Waals surface area contributed by atoms with Crippen LogP contribution in [0.4, 0.5) is 0 Å². The van der Waals surface area contributed by atoms with E-state index in [2.05, 4.69) is 27.8 Å². The summed E-state index contributed by atoms with van der Waals surface area (Å²) < 4.78 is 13.2. The second-order valence-corrected chi connectivity index (χ2v) is 5.03. The molecule has 1 N–H and O–H groups in total. The fourth-order valence-electron chi connectivity index (χ4n) is 2.27. The third-order valence-corrected chi connectivity index (χ3v) is 3.35. The molecule has 0 atom stereocenters. The van der Waals surface area contributed by atoms with E-state index in [1.807, 2.05) is 16.9 Å². The van der Waals surface area contributed by atoms with E-state index in [0.29, 0.717) is 0 Å². The van der Waals surface area contributed by atoms with Gasteiger partial charge in [-0.2, -0.15) is 0 Å². The molecular formula is C15H20N4O2. The average molecular weight is 288 g/mol. The number of ether oxygens (including phenoxy) is 2. The smallest absolute Gasteiger partial charge is 0.161 e. The molecule has 0 fully saturated rings. The van der Waals surface area contributed by atoms with Crippen LogP contribution in [0.5, 0.6) is 11.5 Å². The summed E-state index contributed by atoms with van der Waals surface area (Å²) in [5, 5.41) is 11.2. The summed E-state index contributed by atoms with van der Waals surface area (Å²) in [6.07, 6.45) is 5.54. The molecule has 0 spiro atoms. The van der Waals surface area contributed by atoms with Crippen LogP contribution < -0.4 is 14.8 Å². The van der Waals surface area contributed by atoms with E-state index in [4.69, 9.17) is 9.47 Å². The molecule has 1 aromatic carbocycles. The molecule has 112 valence electrons. The summed E-state index contributed by atoms with van der Waals surface area (Å²) in [5.41, 5.74) is 1.21. The van der Waals surface area contributed by atoms with Crippen molar-refractivity contribution in [3.63, 3.8) is 0 Å². The van der Waals surface area contributed by atoms with Crippen LogP contribution in [-0.4, -0.2) is 34.8 Å². The summed E-state index contributed by atoms with van der Waals surface area (Å²) >= 11 is 0. The van der Waals surface area contributed by atoms with Crippen molar-refractivity contribution in [2.75, 3.05) is 19.8 Å². The Morgan fingerprint density at radius 2 is 2.10 bits per heavy atom. The second kappa shape index (κ2) is 7.08. The maximum Gasteiger partial charge on any atom is 0.161 e. The van der Waals surface area contributed by atoms with Gasteiger partial charge in [0, 0.05) is 25.7 Å². The molecule has 0 amide bonds. The van der Waals surface area contributed by atoms with Crippen molar-refractivity contribution < 1.29 is 9.47 Å². The molecule has 0 aliphatic carbocycles. The van der Waals surface area contributed by atoms with Gasteiger partial charge in [0.1, 0.15) is 0 Å². The lowest BCUT2D eigenvalue weighted by Gasteiger charge is -2.10. The van der Waals surface area contributed by atoms with E-state index in [-0.39, 0.29) is 0 Å². The van der Waals surface area contributed by atoms with Gasteiger partial charge in [-0.1, -0.05) is 11.3 Å². The Bertz CT molecular complexity index is 557. The van der Waals surface area contributed by atoms with Gasteiger partial charge in [-0.05, 0) is 30.7 Å². The van der Waals surface area contributed by atoms with Crippen LogP contribution in [-0.2, 0) is 13.1 Å². The van der Waals surface area contributed by atoms with Crippen molar-refractivity contribution in [1.82, 2.24) is 20.3 Å². The number of rotatable bonds is 6. The van der Waals surface area contributed by atoms with Crippen LogP contribution in [0.1, 0.15) is 18.4 Å². The third-order valence-electron chi connectivity index (χ3n) is 3.35. The minimum absolute atomic E-state index is 0.724. The Morgan fingerprint density at radius 1 is 1.19 bits per heavy atom. The first kappa shape index (κ1) is 13.9. The van der Waals surface area contributed by atoms with Gasteiger partial charge in [-0.25, -0.2) is 0 Å². The lowest BCUT2D eigenvalue weighted by Crippen LogP contribution is -2.16. The molecular weight excluding hydrogens is 268 g/mol.